The third-order valence-electron chi connectivity index (χ3n) is 4.85. The van der Waals surface area contributed by atoms with Crippen molar-refractivity contribution in [3.8, 4) is 5.75 Å². The number of hydrazone groups is 1. The number of thiocarbonyl (C=S) groups is 1. The van der Waals surface area contributed by atoms with Crippen LogP contribution in [0.25, 0.3) is 11.0 Å². The van der Waals surface area contributed by atoms with Crippen LogP contribution in [0.1, 0.15) is 36.8 Å². The number of nitro benzene ring substituents is 1. The second-order valence-electron chi connectivity index (χ2n) is 6.76. The van der Waals surface area contributed by atoms with Gasteiger partial charge in [-0.1, -0.05) is 31.2 Å². The minimum absolute atomic E-state index is 0.00842. The van der Waals surface area contributed by atoms with Crippen LogP contribution in [0.15, 0.2) is 62.8 Å². The average Bonchev–Trinajstić information content (AvgIpc) is 2.75. The Morgan fingerprint density at radius 2 is 1.97 bits per heavy atom. The molecule has 9 nitrogen and oxygen atoms in total. The van der Waals surface area contributed by atoms with E-state index in [2.05, 4.69) is 10.5 Å². The molecule has 0 saturated carbocycles. The molecule has 1 unspecified atom stereocenters. The lowest BCUT2D eigenvalue weighted by molar-refractivity contribution is -0.384. The predicted molar refractivity (Wildman–Crippen MR) is 121 cm³/mol. The van der Waals surface area contributed by atoms with E-state index in [0.717, 1.165) is 0 Å². The summed E-state index contributed by atoms with van der Waals surface area (Å²) in [6.07, 6.45) is 0.735. The maximum atomic E-state index is 12.8. The molecule has 3 rings (SSSR count). The number of rotatable bonds is 7. The van der Waals surface area contributed by atoms with Gasteiger partial charge in [-0.05, 0) is 42.8 Å². The Morgan fingerprint density at radius 3 is 2.58 bits per heavy atom. The molecule has 3 aromatic rings. The van der Waals surface area contributed by atoms with Crippen LogP contribution in [0, 0.1) is 10.1 Å². The van der Waals surface area contributed by atoms with Crippen molar-refractivity contribution in [3.63, 3.8) is 0 Å². The van der Waals surface area contributed by atoms with Crippen LogP contribution in [0.5, 0.6) is 5.75 Å². The predicted octanol–water partition coefficient (Wildman–Crippen LogP) is 3.53. The monoisotopic (exact) mass is 440 g/mol. The molecule has 31 heavy (non-hydrogen) atoms. The number of aromatic hydroxyl groups is 1. The van der Waals surface area contributed by atoms with E-state index in [1.54, 1.807) is 36.4 Å². The zero-order valence-corrected chi connectivity index (χ0v) is 17.4. The fourth-order valence-electron chi connectivity index (χ4n) is 3.31. The summed E-state index contributed by atoms with van der Waals surface area (Å²) >= 11 is 4.79. The van der Waals surface area contributed by atoms with E-state index in [-0.39, 0.29) is 34.1 Å². The molecule has 1 aromatic heterocycles. The van der Waals surface area contributed by atoms with E-state index < -0.39 is 16.5 Å². The number of hydrogen-bond donors (Lipinski definition) is 3. The molecule has 0 aliphatic rings. The van der Waals surface area contributed by atoms with E-state index >= 15 is 0 Å². The van der Waals surface area contributed by atoms with Gasteiger partial charge in [-0.2, -0.15) is 5.10 Å². The van der Waals surface area contributed by atoms with Crippen LogP contribution in [-0.2, 0) is 0 Å². The zero-order chi connectivity index (χ0) is 22.5. The van der Waals surface area contributed by atoms with Crippen molar-refractivity contribution in [2.24, 2.45) is 10.8 Å². The van der Waals surface area contributed by atoms with Crippen molar-refractivity contribution in [1.29, 1.82) is 0 Å². The number of para-hydroxylation sites is 1. The molecule has 0 aliphatic carbocycles. The lowest BCUT2D eigenvalue weighted by Crippen LogP contribution is -2.26. The van der Waals surface area contributed by atoms with Gasteiger partial charge in [-0.3, -0.25) is 15.5 Å². The molecule has 160 valence electrons. The smallest absolute Gasteiger partial charge is 0.343 e. The number of benzene rings is 2. The van der Waals surface area contributed by atoms with Gasteiger partial charge in [-0.15, -0.1) is 0 Å². The molecular formula is C21H20N4O5S. The van der Waals surface area contributed by atoms with Crippen LogP contribution in [-0.4, -0.2) is 20.9 Å². The van der Waals surface area contributed by atoms with Crippen LogP contribution in [0.4, 0.5) is 5.69 Å². The topological polar surface area (TPSA) is 144 Å². The van der Waals surface area contributed by atoms with Crippen LogP contribution >= 0.6 is 12.2 Å². The number of nitrogens with two attached hydrogens (primary N) is 1. The van der Waals surface area contributed by atoms with E-state index in [9.17, 15) is 20.0 Å². The molecule has 1 atom stereocenters. The normalized spacial score (nSPS) is 12.5. The van der Waals surface area contributed by atoms with Crippen molar-refractivity contribution in [1.82, 2.24) is 5.43 Å². The molecule has 0 radical (unpaired) electrons. The van der Waals surface area contributed by atoms with E-state index in [4.69, 9.17) is 22.4 Å². The summed E-state index contributed by atoms with van der Waals surface area (Å²) in [7, 11) is 0. The molecule has 2 aromatic carbocycles. The van der Waals surface area contributed by atoms with Crippen molar-refractivity contribution in [3.05, 3.63) is 80.2 Å². The minimum atomic E-state index is -0.697. The molecule has 0 aliphatic heterocycles. The molecule has 0 saturated heterocycles. The lowest BCUT2D eigenvalue weighted by atomic mass is 9.86. The highest BCUT2D eigenvalue weighted by Crippen LogP contribution is 2.37. The summed E-state index contributed by atoms with van der Waals surface area (Å²) in [5, 5.41) is 26.5. The largest absolute Gasteiger partial charge is 0.507 e. The van der Waals surface area contributed by atoms with Gasteiger partial charge >= 0.3 is 5.63 Å². The van der Waals surface area contributed by atoms with Crippen molar-refractivity contribution in [2.75, 3.05) is 0 Å². The Balaban J connectivity index is 2.17. The molecular weight excluding hydrogens is 420 g/mol. The number of hydrogen-bond acceptors (Lipinski definition) is 7. The molecule has 4 N–H and O–H groups in total. The number of nitrogens with one attached hydrogen (secondary N) is 1. The van der Waals surface area contributed by atoms with Gasteiger partial charge < -0.3 is 15.3 Å². The van der Waals surface area contributed by atoms with Gasteiger partial charge in [0.15, 0.2) is 5.11 Å². The Kier molecular flexibility index (Phi) is 6.61. The van der Waals surface area contributed by atoms with Crippen LogP contribution in [0.2, 0.25) is 0 Å². The highest BCUT2D eigenvalue weighted by atomic mass is 32.1. The van der Waals surface area contributed by atoms with E-state index in [0.29, 0.717) is 23.1 Å². The summed E-state index contributed by atoms with van der Waals surface area (Å²) < 4.78 is 5.43. The summed E-state index contributed by atoms with van der Waals surface area (Å²) in [6.45, 7) is 1.87. The maximum absolute atomic E-state index is 12.8. The SMILES string of the molecule is CCC(CC(c1ccc([N+](=O)[O-])cc1)c1c(O)c2ccccc2oc1=O)=NNC(N)=S. The molecule has 0 bridgehead atoms. The standard InChI is InChI=1S/C21H20N4O5S/c1-2-13(23-24-21(22)31)11-16(12-7-9-14(10-8-12)25(28)29)18-19(26)15-5-3-4-6-17(15)30-20(18)27/h3-10,16,26H,2,11H2,1H3,(H3,22,24,31). The van der Waals surface area contributed by atoms with Gasteiger partial charge in [0.1, 0.15) is 11.3 Å². The average molecular weight is 440 g/mol. The Labute approximate surface area is 182 Å². The first-order chi connectivity index (χ1) is 14.8. The zero-order valence-electron chi connectivity index (χ0n) is 16.6. The molecule has 0 fully saturated rings. The summed E-state index contributed by atoms with van der Waals surface area (Å²) in [6, 6.07) is 12.4. The molecule has 10 heteroatoms. The fraction of sp³-hybridized carbons (Fsp3) is 0.190. The summed E-state index contributed by atoms with van der Waals surface area (Å²) in [4.78, 5) is 23.4. The Morgan fingerprint density at radius 1 is 1.29 bits per heavy atom. The number of fused-ring (bicyclic) bond motifs is 1. The first-order valence-corrected chi connectivity index (χ1v) is 9.82. The third-order valence-corrected chi connectivity index (χ3v) is 4.94. The second kappa shape index (κ2) is 9.35. The Hall–Kier alpha value is -3.79. The van der Waals surface area contributed by atoms with Crippen molar-refractivity contribution < 1.29 is 14.4 Å². The number of nitro groups is 1. The maximum Gasteiger partial charge on any atom is 0.343 e. The second-order valence-corrected chi connectivity index (χ2v) is 7.20. The van der Waals surface area contributed by atoms with E-state index in [1.165, 1.54) is 12.1 Å². The summed E-state index contributed by atoms with van der Waals surface area (Å²) in [5.41, 5.74) is 8.71. The van der Waals surface area contributed by atoms with Gasteiger partial charge in [0.25, 0.3) is 5.69 Å². The fourth-order valence-corrected chi connectivity index (χ4v) is 3.35. The Bertz CT molecular complexity index is 1220. The minimum Gasteiger partial charge on any atom is -0.507 e. The van der Waals surface area contributed by atoms with Gasteiger partial charge in [0, 0.05) is 23.8 Å². The van der Waals surface area contributed by atoms with Gasteiger partial charge in [-0.25, -0.2) is 4.79 Å². The van der Waals surface area contributed by atoms with Crippen molar-refractivity contribution in [2.45, 2.75) is 25.7 Å². The first-order valence-electron chi connectivity index (χ1n) is 9.41. The lowest BCUT2D eigenvalue weighted by Gasteiger charge is -2.19. The van der Waals surface area contributed by atoms with Crippen LogP contribution in [0.3, 0.4) is 0 Å². The quantitative estimate of drug-likeness (QED) is 0.166. The van der Waals surface area contributed by atoms with E-state index in [1.807, 2.05) is 6.92 Å². The number of non-ortho nitro benzene ring substituents is 1. The van der Waals surface area contributed by atoms with Gasteiger partial charge in [0.05, 0.1) is 15.9 Å². The number of nitrogens with zero attached hydrogens (tertiary/aromatic N) is 2. The summed E-state index contributed by atoms with van der Waals surface area (Å²) in [5.74, 6) is -0.874. The van der Waals surface area contributed by atoms with Gasteiger partial charge in [0.2, 0.25) is 0 Å². The molecule has 0 amide bonds. The molecule has 1 heterocycles. The van der Waals surface area contributed by atoms with Crippen molar-refractivity contribution >= 4 is 39.7 Å². The molecule has 0 spiro atoms. The highest BCUT2D eigenvalue weighted by molar-refractivity contribution is 7.80. The third kappa shape index (κ3) is 4.86. The first kappa shape index (κ1) is 21.9. The van der Waals surface area contributed by atoms with Crippen LogP contribution < -0.4 is 16.8 Å². The highest BCUT2D eigenvalue weighted by Gasteiger charge is 2.26.